The molecule has 3 N–H and O–H groups in total. The van der Waals surface area contributed by atoms with Crippen molar-refractivity contribution < 1.29 is 9.18 Å². The highest BCUT2D eigenvalue weighted by Gasteiger charge is 2.27. The summed E-state index contributed by atoms with van der Waals surface area (Å²) in [4.78, 5) is 13.6. The van der Waals surface area contributed by atoms with Crippen molar-refractivity contribution in [2.75, 3.05) is 20.1 Å². The predicted molar refractivity (Wildman–Crippen MR) is 78.7 cm³/mol. The van der Waals surface area contributed by atoms with Gasteiger partial charge in [-0.3, -0.25) is 9.69 Å². The quantitative estimate of drug-likeness (QED) is 0.799. The summed E-state index contributed by atoms with van der Waals surface area (Å²) in [6.45, 7) is 4.76. The minimum atomic E-state index is -0.312. The van der Waals surface area contributed by atoms with Gasteiger partial charge < -0.3 is 11.1 Å². The summed E-state index contributed by atoms with van der Waals surface area (Å²) < 4.78 is 14.0. The number of halogens is 1. The third-order valence-electron chi connectivity index (χ3n) is 3.25. The molecule has 2 unspecified atom stereocenters. The van der Waals surface area contributed by atoms with Crippen molar-refractivity contribution in [1.82, 2.24) is 10.2 Å². The average Bonchev–Trinajstić information content (AvgIpc) is 2.41. The van der Waals surface area contributed by atoms with Crippen molar-refractivity contribution in [3.63, 3.8) is 0 Å². The lowest BCUT2D eigenvalue weighted by Crippen LogP contribution is -2.44. The molecule has 0 spiro atoms. The number of hydrogen-bond donors (Lipinski definition) is 2. The van der Waals surface area contributed by atoms with Crippen molar-refractivity contribution >= 4 is 5.91 Å². The molecule has 4 nitrogen and oxygen atoms in total. The fourth-order valence-corrected chi connectivity index (χ4v) is 2.39. The van der Waals surface area contributed by atoms with Crippen LogP contribution in [0.4, 0.5) is 4.39 Å². The second-order valence-electron chi connectivity index (χ2n) is 4.97. The summed E-state index contributed by atoms with van der Waals surface area (Å²) in [5.74, 6) is -0.381. The number of benzene rings is 1. The molecular formula is C15H24FN3O. The molecule has 112 valence electrons. The van der Waals surface area contributed by atoms with Crippen LogP contribution in [0.3, 0.4) is 0 Å². The molecule has 1 amide bonds. The molecule has 1 aromatic carbocycles. The van der Waals surface area contributed by atoms with Crippen molar-refractivity contribution in [2.24, 2.45) is 5.73 Å². The maximum Gasteiger partial charge on any atom is 0.233 e. The molecule has 0 aliphatic rings. The van der Waals surface area contributed by atoms with Gasteiger partial charge in [0.1, 0.15) is 5.82 Å². The smallest absolute Gasteiger partial charge is 0.233 e. The Morgan fingerprint density at radius 2 is 2.10 bits per heavy atom. The van der Waals surface area contributed by atoms with Crippen molar-refractivity contribution in [2.45, 2.75) is 32.4 Å². The van der Waals surface area contributed by atoms with Crippen molar-refractivity contribution in [3.8, 4) is 0 Å². The molecule has 5 heteroatoms. The molecule has 1 aromatic rings. The minimum Gasteiger partial charge on any atom is -0.358 e. The summed E-state index contributed by atoms with van der Waals surface area (Å²) in [5, 5.41) is 2.60. The van der Waals surface area contributed by atoms with Gasteiger partial charge in [-0.25, -0.2) is 4.39 Å². The second-order valence-corrected chi connectivity index (χ2v) is 4.97. The maximum absolute atomic E-state index is 14.0. The van der Waals surface area contributed by atoms with Crippen LogP contribution in [-0.4, -0.2) is 37.0 Å². The van der Waals surface area contributed by atoms with Gasteiger partial charge in [0.25, 0.3) is 0 Å². The zero-order valence-corrected chi connectivity index (χ0v) is 12.4. The molecule has 1 rings (SSSR count). The van der Waals surface area contributed by atoms with Crippen LogP contribution < -0.4 is 11.1 Å². The number of nitrogens with one attached hydrogen (secondary N) is 1. The van der Waals surface area contributed by atoms with Gasteiger partial charge in [0, 0.05) is 18.7 Å². The maximum atomic E-state index is 14.0. The van der Waals surface area contributed by atoms with E-state index in [1.807, 2.05) is 18.7 Å². The molecule has 0 heterocycles. The summed E-state index contributed by atoms with van der Waals surface area (Å²) in [6, 6.07) is 6.01. The fraction of sp³-hybridized carbons (Fsp3) is 0.533. The molecule has 0 aliphatic heterocycles. The van der Waals surface area contributed by atoms with E-state index < -0.39 is 0 Å². The highest BCUT2D eigenvalue weighted by atomic mass is 19.1. The molecule has 0 aromatic heterocycles. The molecule has 0 saturated carbocycles. The van der Waals surface area contributed by atoms with E-state index in [1.54, 1.807) is 25.2 Å². The standard InChI is InChI=1S/C15H24FN3O/c1-4-9-19(10-14(20)18-3)15(11(2)17)12-7-5-6-8-13(12)16/h5-8,11,15H,4,9-10,17H2,1-3H3,(H,18,20). The number of rotatable bonds is 7. The van der Waals surface area contributed by atoms with Gasteiger partial charge in [-0.1, -0.05) is 25.1 Å². The number of nitrogens with two attached hydrogens (primary N) is 1. The first-order valence-corrected chi connectivity index (χ1v) is 6.95. The number of likely N-dealkylation sites (N-methyl/N-ethyl adjacent to an activating group) is 1. The van der Waals surface area contributed by atoms with Crippen LogP contribution in [0, 0.1) is 5.82 Å². The van der Waals surface area contributed by atoms with Gasteiger partial charge in [-0.2, -0.15) is 0 Å². The normalized spacial score (nSPS) is 14.1. The molecular weight excluding hydrogens is 257 g/mol. The first-order chi connectivity index (χ1) is 9.51. The summed E-state index contributed by atoms with van der Waals surface area (Å²) in [6.07, 6.45) is 0.870. The Kier molecular flexibility index (Phi) is 6.61. The van der Waals surface area contributed by atoms with Crippen LogP contribution in [-0.2, 0) is 4.79 Å². The van der Waals surface area contributed by atoms with Crippen LogP contribution in [0.15, 0.2) is 24.3 Å². The van der Waals surface area contributed by atoms with Crippen LogP contribution in [0.25, 0.3) is 0 Å². The van der Waals surface area contributed by atoms with Gasteiger partial charge in [0.2, 0.25) is 5.91 Å². The first-order valence-electron chi connectivity index (χ1n) is 6.95. The van der Waals surface area contributed by atoms with E-state index in [1.165, 1.54) is 6.07 Å². The topological polar surface area (TPSA) is 58.4 Å². The third-order valence-corrected chi connectivity index (χ3v) is 3.25. The second kappa shape index (κ2) is 7.97. The Bertz CT molecular complexity index is 437. The molecule has 2 atom stereocenters. The Balaban J connectivity index is 3.08. The number of carbonyl (C=O) groups is 1. The number of amides is 1. The number of hydrogen-bond acceptors (Lipinski definition) is 3. The highest BCUT2D eigenvalue weighted by Crippen LogP contribution is 2.26. The Morgan fingerprint density at radius 1 is 1.45 bits per heavy atom. The highest BCUT2D eigenvalue weighted by molar-refractivity contribution is 5.77. The van der Waals surface area contributed by atoms with Crippen molar-refractivity contribution in [1.29, 1.82) is 0 Å². The van der Waals surface area contributed by atoms with Gasteiger partial charge in [-0.15, -0.1) is 0 Å². The monoisotopic (exact) mass is 281 g/mol. The van der Waals surface area contributed by atoms with E-state index in [2.05, 4.69) is 5.32 Å². The molecule has 0 bridgehead atoms. The largest absolute Gasteiger partial charge is 0.358 e. The number of carbonyl (C=O) groups excluding carboxylic acids is 1. The summed E-state index contributed by atoms with van der Waals surface area (Å²) in [7, 11) is 1.59. The third kappa shape index (κ3) is 4.28. The molecule has 0 aliphatic carbocycles. The molecule has 0 fully saturated rings. The first kappa shape index (κ1) is 16.6. The fourth-order valence-electron chi connectivity index (χ4n) is 2.39. The predicted octanol–water partition coefficient (Wildman–Crippen LogP) is 1.67. The zero-order valence-electron chi connectivity index (χ0n) is 12.4. The lowest BCUT2D eigenvalue weighted by atomic mass is 9.98. The summed E-state index contributed by atoms with van der Waals surface area (Å²) >= 11 is 0. The van der Waals surface area contributed by atoms with Gasteiger partial charge in [0.15, 0.2) is 0 Å². The number of nitrogens with zero attached hydrogens (tertiary/aromatic N) is 1. The zero-order chi connectivity index (χ0) is 15.1. The van der Waals surface area contributed by atoms with Gasteiger partial charge in [-0.05, 0) is 26.0 Å². The van der Waals surface area contributed by atoms with E-state index in [0.29, 0.717) is 12.1 Å². The van der Waals surface area contributed by atoms with Crippen LogP contribution >= 0.6 is 0 Å². The van der Waals surface area contributed by atoms with Crippen LogP contribution in [0.5, 0.6) is 0 Å². The van der Waals surface area contributed by atoms with E-state index >= 15 is 0 Å². The van der Waals surface area contributed by atoms with Crippen LogP contribution in [0.1, 0.15) is 31.9 Å². The van der Waals surface area contributed by atoms with E-state index in [4.69, 9.17) is 5.73 Å². The lowest BCUT2D eigenvalue weighted by Gasteiger charge is -2.34. The van der Waals surface area contributed by atoms with E-state index in [-0.39, 0.29) is 30.4 Å². The van der Waals surface area contributed by atoms with Gasteiger partial charge in [0.05, 0.1) is 12.6 Å². The van der Waals surface area contributed by atoms with E-state index in [9.17, 15) is 9.18 Å². The Morgan fingerprint density at radius 3 is 2.60 bits per heavy atom. The minimum absolute atomic E-state index is 0.0968. The van der Waals surface area contributed by atoms with Gasteiger partial charge >= 0.3 is 0 Å². The summed E-state index contributed by atoms with van der Waals surface area (Å²) in [5.41, 5.74) is 6.59. The van der Waals surface area contributed by atoms with Crippen molar-refractivity contribution in [3.05, 3.63) is 35.6 Å². The average molecular weight is 281 g/mol. The molecule has 0 saturated heterocycles. The molecule has 20 heavy (non-hydrogen) atoms. The van der Waals surface area contributed by atoms with Crippen LogP contribution in [0.2, 0.25) is 0 Å². The Labute approximate surface area is 120 Å². The Hall–Kier alpha value is -1.46. The molecule has 0 radical (unpaired) electrons. The SMILES string of the molecule is CCCN(CC(=O)NC)C(c1ccccc1F)C(C)N. The van der Waals surface area contributed by atoms with E-state index in [0.717, 1.165) is 6.42 Å². The lowest BCUT2D eigenvalue weighted by molar-refractivity contribution is -0.122.